The molecule has 0 aliphatic carbocycles. The summed E-state index contributed by atoms with van der Waals surface area (Å²) in [7, 11) is 3.13. The van der Waals surface area contributed by atoms with Crippen LogP contribution in [0.4, 0.5) is 0 Å². The average molecular weight is 257 g/mol. The van der Waals surface area contributed by atoms with Gasteiger partial charge in [-0.2, -0.15) is 0 Å². The molecule has 1 aromatic carbocycles. The summed E-state index contributed by atoms with van der Waals surface area (Å²) in [6, 6.07) is 3.54. The Morgan fingerprint density at radius 2 is 1.82 bits per heavy atom. The number of benzene rings is 1. The lowest BCUT2D eigenvalue weighted by Crippen LogP contribution is -2.04. The first-order valence-electron chi connectivity index (χ1n) is 5.45. The molecule has 0 bridgehead atoms. The number of methoxy groups -OCH3 is 2. The molecule has 1 aromatic rings. The van der Waals surface area contributed by atoms with Crippen molar-refractivity contribution in [1.29, 1.82) is 0 Å². The van der Waals surface area contributed by atoms with Crippen LogP contribution < -0.4 is 9.47 Å². The van der Waals surface area contributed by atoms with E-state index in [1.54, 1.807) is 20.3 Å². The molecule has 17 heavy (non-hydrogen) atoms. The molecule has 0 fully saturated rings. The molecule has 0 atom stereocenters. The number of carbonyl (C=O) groups is 1. The molecule has 0 aliphatic heterocycles. The monoisotopic (exact) mass is 256 g/mol. The highest BCUT2D eigenvalue weighted by Gasteiger charge is 2.13. The van der Waals surface area contributed by atoms with Crippen molar-refractivity contribution in [1.82, 2.24) is 0 Å². The number of hydrogen-bond donors (Lipinski definition) is 0. The van der Waals surface area contributed by atoms with Gasteiger partial charge in [-0.25, -0.2) is 0 Å². The van der Waals surface area contributed by atoms with E-state index in [1.165, 1.54) is 0 Å². The normalized spacial score (nSPS) is 10.1. The van der Waals surface area contributed by atoms with E-state index in [1.807, 2.05) is 13.0 Å². The summed E-state index contributed by atoms with van der Waals surface area (Å²) >= 11 is 5.58. The molecule has 4 heteroatoms. The number of rotatable bonds is 6. The Morgan fingerprint density at radius 3 is 2.35 bits per heavy atom. The van der Waals surface area contributed by atoms with Crippen LogP contribution in [0.5, 0.6) is 11.5 Å². The molecule has 0 spiro atoms. The molecule has 1 rings (SSSR count). The van der Waals surface area contributed by atoms with Crippen molar-refractivity contribution in [3.05, 3.63) is 23.3 Å². The molecular weight excluding hydrogens is 240 g/mol. The molecule has 94 valence electrons. The number of alkyl halides is 1. The first kappa shape index (κ1) is 13.8. The second-order valence-electron chi connectivity index (χ2n) is 3.74. The van der Waals surface area contributed by atoms with Gasteiger partial charge in [-0.15, -0.1) is 11.6 Å². The van der Waals surface area contributed by atoms with Gasteiger partial charge >= 0.3 is 0 Å². The highest BCUT2D eigenvalue weighted by Crippen LogP contribution is 2.30. The molecule has 0 unspecified atom stereocenters. The third kappa shape index (κ3) is 3.37. The van der Waals surface area contributed by atoms with Crippen LogP contribution in [0.3, 0.4) is 0 Å². The minimum Gasteiger partial charge on any atom is -0.493 e. The first-order chi connectivity index (χ1) is 8.13. The molecule has 0 aromatic heterocycles. The van der Waals surface area contributed by atoms with E-state index in [4.69, 9.17) is 21.1 Å². The van der Waals surface area contributed by atoms with Crippen molar-refractivity contribution >= 4 is 17.4 Å². The van der Waals surface area contributed by atoms with E-state index in [-0.39, 0.29) is 5.78 Å². The summed E-state index contributed by atoms with van der Waals surface area (Å²) in [5.41, 5.74) is 1.56. The third-order valence-electron chi connectivity index (χ3n) is 2.57. The van der Waals surface area contributed by atoms with Gasteiger partial charge in [-0.3, -0.25) is 4.79 Å². The van der Waals surface area contributed by atoms with Crippen LogP contribution in [0.2, 0.25) is 0 Å². The quantitative estimate of drug-likeness (QED) is 0.579. The lowest BCUT2D eigenvalue weighted by molar-refractivity contribution is 0.0981. The molecule has 0 radical (unpaired) electrons. The van der Waals surface area contributed by atoms with E-state index in [0.29, 0.717) is 35.8 Å². The lowest BCUT2D eigenvalue weighted by atomic mass is 10.0. The van der Waals surface area contributed by atoms with Crippen molar-refractivity contribution in [3.63, 3.8) is 0 Å². The molecule has 0 N–H and O–H groups in total. The van der Waals surface area contributed by atoms with Crippen molar-refractivity contribution in [2.75, 3.05) is 20.1 Å². The minimum atomic E-state index is 0.0871. The second kappa shape index (κ2) is 6.50. The number of ketones is 1. The molecule has 0 amide bonds. The predicted molar refractivity (Wildman–Crippen MR) is 68.6 cm³/mol. The summed E-state index contributed by atoms with van der Waals surface area (Å²) < 4.78 is 10.4. The average Bonchev–Trinajstić information content (AvgIpc) is 2.35. The van der Waals surface area contributed by atoms with Gasteiger partial charge in [-0.05, 0) is 31.0 Å². The highest BCUT2D eigenvalue weighted by atomic mass is 35.5. The molecule has 0 saturated heterocycles. The molecule has 0 heterocycles. The number of ether oxygens (including phenoxy) is 2. The van der Waals surface area contributed by atoms with Crippen LogP contribution in [0, 0.1) is 6.92 Å². The third-order valence-corrected chi connectivity index (χ3v) is 2.84. The molecule has 0 saturated carbocycles. The first-order valence-corrected chi connectivity index (χ1v) is 5.99. The van der Waals surface area contributed by atoms with Gasteiger partial charge in [0, 0.05) is 17.9 Å². The fourth-order valence-corrected chi connectivity index (χ4v) is 1.78. The van der Waals surface area contributed by atoms with E-state index >= 15 is 0 Å². The Bertz CT molecular complexity index is 402. The van der Waals surface area contributed by atoms with Gasteiger partial charge in [-0.1, -0.05) is 0 Å². The Morgan fingerprint density at radius 1 is 1.24 bits per heavy atom. The number of hydrogen-bond acceptors (Lipinski definition) is 3. The van der Waals surface area contributed by atoms with Gasteiger partial charge in [0.25, 0.3) is 0 Å². The van der Waals surface area contributed by atoms with Gasteiger partial charge in [0.1, 0.15) is 0 Å². The van der Waals surface area contributed by atoms with Crippen molar-refractivity contribution in [2.24, 2.45) is 0 Å². The summed E-state index contributed by atoms with van der Waals surface area (Å²) in [5.74, 6) is 1.80. The Kier molecular flexibility index (Phi) is 5.29. The van der Waals surface area contributed by atoms with Crippen molar-refractivity contribution < 1.29 is 14.3 Å². The Labute approximate surface area is 107 Å². The van der Waals surface area contributed by atoms with E-state index < -0.39 is 0 Å². The van der Waals surface area contributed by atoms with Crippen LogP contribution >= 0.6 is 11.6 Å². The van der Waals surface area contributed by atoms with Crippen molar-refractivity contribution in [3.8, 4) is 11.5 Å². The largest absolute Gasteiger partial charge is 0.493 e. The SMILES string of the molecule is COc1cc(C)c(C(=O)CCCCl)cc1OC. The van der Waals surface area contributed by atoms with Crippen LogP contribution in [-0.2, 0) is 0 Å². The van der Waals surface area contributed by atoms with Crippen LogP contribution in [0.15, 0.2) is 12.1 Å². The van der Waals surface area contributed by atoms with Crippen LogP contribution in [0.25, 0.3) is 0 Å². The van der Waals surface area contributed by atoms with Gasteiger partial charge < -0.3 is 9.47 Å². The Balaban J connectivity index is 3.03. The van der Waals surface area contributed by atoms with E-state index in [2.05, 4.69) is 0 Å². The van der Waals surface area contributed by atoms with Gasteiger partial charge in [0.2, 0.25) is 0 Å². The maximum atomic E-state index is 11.9. The summed E-state index contributed by atoms with van der Waals surface area (Å²) in [6.07, 6.45) is 1.15. The van der Waals surface area contributed by atoms with Crippen LogP contribution in [-0.4, -0.2) is 25.9 Å². The zero-order valence-corrected chi connectivity index (χ0v) is 11.1. The molecular formula is C13H17ClO3. The molecule has 3 nitrogen and oxygen atoms in total. The summed E-state index contributed by atoms with van der Waals surface area (Å²) in [4.78, 5) is 11.9. The van der Waals surface area contributed by atoms with E-state index in [9.17, 15) is 4.79 Å². The fourth-order valence-electron chi connectivity index (χ4n) is 1.64. The summed E-state index contributed by atoms with van der Waals surface area (Å²) in [6.45, 7) is 1.88. The fraction of sp³-hybridized carbons (Fsp3) is 0.462. The van der Waals surface area contributed by atoms with E-state index in [0.717, 1.165) is 5.56 Å². The number of Topliss-reactive ketones (excluding diaryl/α,β-unsaturated/α-hetero) is 1. The number of halogens is 1. The maximum absolute atomic E-state index is 11.9. The molecule has 0 aliphatic rings. The topological polar surface area (TPSA) is 35.5 Å². The standard InChI is InChI=1S/C13H17ClO3/c1-9-7-12(16-2)13(17-3)8-10(9)11(15)5-4-6-14/h7-8H,4-6H2,1-3H3. The van der Waals surface area contributed by atoms with Gasteiger partial charge in [0.05, 0.1) is 14.2 Å². The number of carbonyl (C=O) groups excluding carboxylic acids is 1. The lowest BCUT2D eigenvalue weighted by Gasteiger charge is -2.11. The smallest absolute Gasteiger partial charge is 0.163 e. The minimum absolute atomic E-state index is 0.0871. The summed E-state index contributed by atoms with van der Waals surface area (Å²) in [5, 5.41) is 0. The van der Waals surface area contributed by atoms with Crippen LogP contribution in [0.1, 0.15) is 28.8 Å². The van der Waals surface area contributed by atoms with Gasteiger partial charge in [0.15, 0.2) is 17.3 Å². The zero-order chi connectivity index (χ0) is 12.8. The van der Waals surface area contributed by atoms with Crippen molar-refractivity contribution in [2.45, 2.75) is 19.8 Å². The highest BCUT2D eigenvalue weighted by molar-refractivity contribution is 6.18. The second-order valence-corrected chi connectivity index (χ2v) is 4.12. The predicted octanol–water partition coefficient (Wildman–Crippen LogP) is 3.21. The zero-order valence-electron chi connectivity index (χ0n) is 10.4. The Hall–Kier alpha value is -1.22. The number of aryl methyl sites for hydroxylation is 1. The maximum Gasteiger partial charge on any atom is 0.163 e.